The van der Waals surface area contributed by atoms with Crippen LogP contribution in [-0.4, -0.2) is 36.6 Å². The predicted octanol–water partition coefficient (Wildman–Crippen LogP) is 3.63. The third kappa shape index (κ3) is 3.86. The number of carbonyl (C=O) groups is 2. The molecule has 0 radical (unpaired) electrons. The van der Waals surface area contributed by atoms with E-state index in [9.17, 15) is 14.0 Å². The van der Waals surface area contributed by atoms with Gasteiger partial charge in [-0.25, -0.2) is 4.39 Å². The van der Waals surface area contributed by atoms with Gasteiger partial charge in [-0.3, -0.25) is 9.59 Å². The fraction of sp³-hybridized carbons (Fsp3) is 0.190. The topological polar surface area (TPSA) is 87.5 Å². The Balaban J connectivity index is 1.56. The smallest absolute Gasteiger partial charge is 0.261 e. The summed E-state index contributed by atoms with van der Waals surface area (Å²) in [5, 5.41) is 9.53. The lowest BCUT2D eigenvalue weighted by molar-refractivity contribution is -0.120. The van der Waals surface area contributed by atoms with Crippen molar-refractivity contribution in [1.29, 1.82) is 0 Å². The van der Waals surface area contributed by atoms with E-state index >= 15 is 0 Å². The normalized spacial score (nSPS) is 13.8. The molecule has 2 amide bonds. The lowest BCUT2D eigenvalue weighted by Gasteiger charge is -2.28. The van der Waals surface area contributed by atoms with Gasteiger partial charge in [-0.05, 0) is 43.3 Å². The quantitative estimate of drug-likeness (QED) is 0.662. The number of piperazine rings is 1. The number of aromatic nitrogens is 1. The molecule has 1 aromatic heterocycles. The van der Waals surface area contributed by atoms with E-state index in [1.807, 2.05) is 17.0 Å². The van der Waals surface area contributed by atoms with Crippen LogP contribution >= 0.6 is 11.6 Å². The Morgan fingerprint density at radius 1 is 1.27 bits per heavy atom. The van der Waals surface area contributed by atoms with Crippen molar-refractivity contribution in [2.45, 2.75) is 6.92 Å². The molecule has 0 unspecified atom stereocenters. The summed E-state index contributed by atoms with van der Waals surface area (Å²) >= 11 is 6.13. The summed E-state index contributed by atoms with van der Waals surface area (Å²) in [4.78, 5) is 26.4. The van der Waals surface area contributed by atoms with E-state index < -0.39 is 11.7 Å². The second kappa shape index (κ2) is 8.16. The van der Waals surface area contributed by atoms with Crippen molar-refractivity contribution >= 4 is 34.8 Å². The number of carbonyl (C=O) groups excluding carboxylic acids is 2. The summed E-state index contributed by atoms with van der Waals surface area (Å²) in [6.07, 6.45) is 0. The Bertz CT molecular complexity index is 1090. The summed E-state index contributed by atoms with van der Waals surface area (Å²) in [7, 11) is 0. The molecule has 30 heavy (non-hydrogen) atoms. The number of hydrogen-bond donors (Lipinski definition) is 2. The second-order valence-electron chi connectivity index (χ2n) is 6.83. The van der Waals surface area contributed by atoms with Crippen LogP contribution in [0.1, 0.15) is 16.1 Å². The van der Waals surface area contributed by atoms with Crippen molar-refractivity contribution in [3.05, 3.63) is 64.6 Å². The highest BCUT2D eigenvalue weighted by molar-refractivity contribution is 6.33. The van der Waals surface area contributed by atoms with Crippen LogP contribution in [0.4, 0.5) is 15.8 Å². The van der Waals surface area contributed by atoms with Crippen LogP contribution in [0.3, 0.4) is 0 Å². The van der Waals surface area contributed by atoms with Gasteiger partial charge in [-0.15, -0.1) is 0 Å². The number of hydrogen-bond acceptors (Lipinski definition) is 5. The van der Waals surface area contributed by atoms with E-state index in [0.29, 0.717) is 25.3 Å². The maximum Gasteiger partial charge on any atom is 0.261 e. The van der Waals surface area contributed by atoms with Gasteiger partial charge in [0, 0.05) is 24.5 Å². The van der Waals surface area contributed by atoms with E-state index in [1.165, 1.54) is 18.2 Å². The highest BCUT2D eigenvalue weighted by atomic mass is 35.5. The molecule has 2 aromatic carbocycles. The molecule has 0 saturated carbocycles. The highest BCUT2D eigenvalue weighted by Crippen LogP contribution is 2.33. The van der Waals surface area contributed by atoms with Crippen molar-refractivity contribution < 1.29 is 18.5 Å². The van der Waals surface area contributed by atoms with Gasteiger partial charge < -0.3 is 20.1 Å². The van der Waals surface area contributed by atoms with Crippen LogP contribution < -0.4 is 15.5 Å². The monoisotopic (exact) mass is 428 g/mol. The minimum absolute atomic E-state index is 0.0138. The minimum Gasteiger partial charge on any atom is -0.360 e. The van der Waals surface area contributed by atoms with Gasteiger partial charge in [-0.2, -0.15) is 0 Å². The first kappa shape index (κ1) is 19.9. The summed E-state index contributed by atoms with van der Waals surface area (Å²) in [5.41, 5.74) is 1.59. The van der Waals surface area contributed by atoms with E-state index in [2.05, 4.69) is 15.8 Å². The lowest BCUT2D eigenvalue weighted by atomic mass is 10.0. The van der Waals surface area contributed by atoms with Gasteiger partial charge >= 0.3 is 0 Å². The van der Waals surface area contributed by atoms with Gasteiger partial charge in [-0.1, -0.05) is 22.8 Å². The van der Waals surface area contributed by atoms with Gasteiger partial charge in [0.25, 0.3) is 5.91 Å². The third-order valence-electron chi connectivity index (χ3n) is 4.82. The molecule has 1 fully saturated rings. The zero-order chi connectivity index (χ0) is 21.3. The summed E-state index contributed by atoms with van der Waals surface area (Å²) < 4.78 is 19.5. The van der Waals surface area contributed by atoms with Crippen molar-refractivity contribution in [3.63, 3.8) is 0 Å². The lowest BCUT2D eigenvalue weighted by Crippen LogP contribution is -2.47. The first-order chi connectivity index (χ1) is 14.4. The number of aryl methyl sites for hydroxylation is 1. The average Bonchev–Trinajstić information content (AvgIpc) is 3.09. The standard InChI is InChI=1S/C21H18ClFN4O3/c1-12-18(20(26-30-12)19-15(22)3-2-4-16(19)23)21(29)25-13-5-7-14(8-6-13)27-10-9-24-17(28)11-27/h2-8H,9-11H2,1H3,(H,24,28)(H,25,29). The predicted molar refractivity (Wildman–Crippen MR) is 111 cm³/mol. The molecule has 2 heterocycles. The SMILES string of the molecule is Cc1onc(-c2c(F)cccc2Cl)c1C(=O)Nc1ccc(N2CCNC(=O)C2)cc1. The molecule has 0 bridgehead atoms. The molecule has 0 aliphatic carbocycles. The zero-order valence-electron chi connectivity index (χ0n) is 16.0. The Labute approximate surface area is 176 Å². The van der Waals surface area contributed by atoms with Crippen LogP contribution in [0.15, 0.2) is 47.0 Å². The maximum absolute atomic E-state index is 14.3. The summed E-state index contributed by atoms with van der Waals surface area (Å²) in [5.74, 6) is -0.869. The van der Waals surface area contributed by atoms with Crippen LogP contribution in [0.2, 0.25) is 5.02 Å². The molecule has 2 N–H and O–H groups in total. The molecule has 9 heteroatoms. The fourth-order valence-electron chi connectivity index (χ4n) is 3.34. The Morgan fingerprint density at radius 3 is 2.73 bits per heavy atom. The van der Waals surface area contributed by atoms with E-state index in [1.54, 1.807) is 19.1 Å². The second-order valence-corrected chi connectivity index (χ2v) is 7.24. The van der Waals surface area contributed by atoms with Gasteiger partial charge in [0.05, 0.1) is 17.1 Å². The summed E-state index contributed by atoms with van der Waals surface area (Å²) in [6.45, 7) is 3.17. The van der Waals surface area contributed by atoms with Gasteiger partial charge in [0.15, 0.2) is 0 Å². The molecule has 4 rings (SSSR count). The average molecular weight is 429 g/mol. The first-order valence-corrected chi connectivity index (χ1v) is 9.65. The fourth-order valence-corrected chi connectivity index (χ4v) is 3.59. The number of anilines is 2. The van der Waals surface area contributed by atoms with Crippen LogP contribution in [-0.2, 0) is 4.79 Å². The molecule has 0 spiro atoms. The van der Waals surface area contributed by atoms with Crippen molar-refractivity contribution in [1.82, 2.24) is 10.5 Å². The molecule has 1 aliphatic heterocycles. The largest absolute Gasteiger partial charge is 0.360 e. The zero-order valence-corrected chi connectivity index (χ0v) is 16.8. The molecule has 1 aliphatic rings. The van der Waals surface area contributed by atoms with Crippen LogP contribution in [0.25, 0.3) is 11.3 Å². The Morgan fingerprint density at radius 2 is 2.03 bits per heavy atom. The van der Waals surface area contributed by atoms with E-state index in [0.717, 1.165) is 5.69 Å². The Kier molecular flexibility index (Phi) is 5.41. The molecular formula is C21H18ClFN4O3. The molecule has 154 valence electrons. The van der Waals surface area contributed by atoms with Gasteiger partial charge in [0.1, 0.15) is 22.8 Å². The van der Waals surface area contributed by atoms with Crippen molar-refractivity contribution in [3.8, 4) is 11.3 Å². The minimum atomic E-state index is -0.597. The summed E-state index contributed by atoms with van der Waals surface area (Å²) in [6, 6.07) is 11.3. The molecule has 7 nitrogen and oxygen atoms in total. The maximum atomic E-state index is 14.3. The number of nitrogens with one attached hydrogen (secondary N) is 2. The van der Waals surface area contributed by atoms with Crippen molar-refractivity contribution in [2.24, 2.45) is 0 Å². The van der Waals surface area contributed by atoms with E-state index in [4.69, 9.17) is 16.1 Å². The highest BCUT2D eigenvalue weighted by Gasteiger charge is 2.25. The number of amides is 2. The van der Waals surface area contributed by atoms with Crippen molar-refractivity contribution in [2.75, 3.05) is 29.9 Å². The molecule has 1 saturated heterocycles. The molecule has 0 atom stereocenters. The third-order valence-corrected chi connectivity index (χ3v) is 5.13. The van der Waals surface area contributed by atoms with Crippen LogP contribution in [0.5, 0.6) is 0 Å². The van der Waals surface area contributed by atoms with E-state index in [-0.39, 0.29) is 33.5 Å². The molecule has 3 aromatic rings. The number of benzene rings is 2. The van der Waals surface area contributed by atoms with Gasteiger partial charge in [0.2, 0.25) is 5.91 Å². The van der Waals surface area contributed by atoms with Crippen LogP contribution in [0, 0.1) is 12.7 Å². The Hall–Kier alpha value is -3.39. The number of rotatable bonds is 4. The number of halogens is 2. The molecular weight excluding hydrogens is 411 g/mol. The first-order valence-electron chi connectivity index (χ1n) is 9.28. The number of nitrogens with zero attached hydrogens (tertiary/aromatic N) is 2.